The quantitative estimate of drug-likeness (QED) is 0.460. The lowest BCUT2D eigenvalue weighted by atomic mass is 9.85. The van der Waals surface area contributed by atoms with Crippen LogP contribution in [0.1, 0.15) is 47.8 Å². The first-order chi connectivity index (χ1) is 15.5. The lowest BCUT2D eigenvalue weighted by Gasteiger charge is -2.31. The molecule has 5 rings (SSSR count). The molecule has 1 amide bonds. The molecule has 6 nitrogen and oxygen atoms in total. The summed E-state index contributed by atoms with van der Waals surface area (Å²) in [6, 6.07) is 14.8. The number of benzene rings is 2. The summed E-state index contributed by atoms with van der Waals surface area (Å²) in [4.78, 5) is 26.0. The Hall–Kier alpha value is -3.12. The molecule has 0 radical (unpaired) electrons. The first-order valence-electron chi connectivity index (χ1n) is 11.0. The molecule has 1 aliphatic rings. The largest absolute Gasteiger partial charge is 0.355 e. The summed E-state index contributed by atoms with van der Waals surface area (Å²) in [5, 5.41) is 8.85. The lowest BCUT2D eigenvalue weighted by Crippen LogP contribution is -2.34. The maximum Gasteiger partial charge on any atom is 0.264 e. The molecule has 0 spiro atoms. The van der Waals surface area contributed by atoms with E-state index in [1.807, 2.05) is 47.0 Å². The number of aryl methyl sites for hydroxylation is 1. The van der Waals surface area contributed by atoms with Gasteiger partial charge in [0.2, 0.25) is 0 Å². The van der Waals surface area contributed by atoms with Gasteiger partial charge >= 0.3 is 0 Å². The topological polar surface area (TPSA) is 77.1 Å². The molecular formula is C25H24ClN3O3. The summed E-state index contributed by atoms with van der Waals surface area (Å²) in [6.07, 6.45) is 3.73. The second-order valence-corrected chi connectivity index (χ2v) is 8.95. The number of nitrogens with one attached hydrogen (secondary N) is 1. The van der Waals surface area contributed by atoms with Gasteiger partial charge in [-0.25, -0.2) is 0 Å². The van der Waals surface area contributed by atoms with Crippen molar-refractivity contribution in [3.63, 3.8) is 0 Å². The molecule has 0 bridgehead atoms. The highest BCUT2D eigenvalue weighted by atomic mass is 35.5. The van der Waals surface area contributed by atoms with E-state index in [1.165, 1.54) is 0 Å². The summed E-state index contributed by atoms with van der Waals surface area (Å²) in [5.41, 5.74) is 2.36. The van der Waals surface area contributed by atoms with Crippen molar-refractivity contribution < 1.29 is 9.32 Å². The molecule has 2 unspecified atom stereocenters. The molecule has 32 heavy (non-hydrogen) atoms. The first kappa shape index (κ1) is 20.8. The van der Waals surface area contributed by atoms with E-state index in [0.717, 1.165) is 36.6 Å². The number of nitrogens with zero attached hydrogens (tertiary/aromatic N) is 2. The molecular weight excluding hydrogens is 426 g/mol. The van der Waals surface area contributed by atoms with Crippen LogP contribution in [0, 0.1) is 12.8 Å². The SMILES string of the molecule is Cc1noc2c1c(=O)n(C1CCCC(CNC(=O)c3ccccc3)C1)c1cccc(Cl)c21. The van der Waals surface area contributed by atoms with Gasteiger partial charge < -0.3 is 14.4 Å². The van der Waals surface area contributed by atoms with Gasteiger partial charge in [0.15, 0.2) is 5.58 Å². The van der Waals surface area contributed by atoms with Crippen LogP contribution in [0.5, 0.6) is 0 Å². The van der Waals surface area contributed by atoms with Crippen LogP contribution in [0.15, 0.2) is 57.8 Å². The number of hydrogen-bond donors (Lipinski definition) is 1. The molecule has 1 saturated carbocycles. The number of aromatic nitrogens is 2. The summed E-state index contributed by atoms with van der Waals surface area (Å²) >= 11 is 6.53. The zero-order valence-electron chi connectivity index (χ0n) is 17.8. The van der Waals surface area contributed by atoms with Crippen molar-refractivity contribution in [3.8, 4) is 0 Å². The number of amides is 1. The number of carbonyl (C=O) groups is 1. The molecule has 2 heterocycles. The minimum atomic E-state index is -0.0903. The normalized spacial score (nSPS) is 18.8. The third-order valence-corrected chi connectivity index (χ3v) is 6.80. The fourth-order valence-electron chi connectivity index (χ4n) is 4.93. The molecule has 7 heteroatoms. The number of pyridine rings is 1. The van der Waals surface area contributed by atoms with Crippen LogP contribution >= 0.6 is 11.6 Å². The third kappa shape index (κ3) is 3.58. The van der Waals surface area contributed by atoms with Crippen LogP contribution < -0.4 is 10.9 Å². The minimum Gasteiger partial charge on any atom is -0.355 e. The van der Waals surface area contributed by atoms with Crippen LogP contribution in [-0.2, 0) is 0 Å². The van der Waals surface area contributed by atoms with Crippen molar-refractivity contribution in [1.82, 2.24) is 15.0 Å². The van der Waals surface area contributed by atoms with E-state index in [4.69, 9.17) is 16.1 Å². The van der Waals surface area contributed by atoms with Gasteiger partial charge in [-0.3, -0.25) is 9.59 Å². The van der Waals surface area contributed by atoms with Gasteiger partial charge in [0.05, 0.1) is 21.6 Å². The maximum absolute atomic E-state index is 13.5. The standard InChI is InChI=1S/C25H24ClN3O3/c1-15-21-23(32-28-15)22-19(26)11-6-12-20(22)29(25(21)31)18-10-5-7-16(13-18)14-27-24(30)17-8-3-2-4-9-17/h2-4,6,8-9,11-12,16,18H,5,7,10,13-14H2,1H3,(H,27,30). The number of hydrogen-bond acceptors (Lipinski definition) is 4. The number of halogens is 1. The van der Waals surface area contributed by atoms with Gasteiger partial charge in [0.25, 0.3) is 11.5 Å². The number of carbonyl (C=O) groups excluding carboxylic acids is 1. The summed E-state index contributed by atoms with van der Waals surface area (Å²) in [5.74, 6) is 0.227. The van der Waals surface area contributed by atoms with E-state index in [2.05, 4.69) is 10.5 Å². The smallest absolute Gasteiger partial charge is 0.264 e. The summed E-state index contributed by atoms with van der Waals surface area (Å²) in [7, 11) is 0. The zero-order valence-corrected chi connectivity index (χ0v) is 18.6. The van der Waals surface area contributed by atoms with E-state index in [1.54, 1.807) is 13.0 Å². The van der Waals surface area contributed by atoms with Crippen molar-refractivity contribution >= 4 is 39.4 Å². The highest BCUT2D eigenvalue weighted by molar-refractivity contribution is 6.37. The predicted molar refractivity (Wildman–Crippen MR) is 125 cm³/mol. The fraction of sp³-hybridized carbons (Fsp3) is 0.320. The predicted octanol–water partition coefficient (Wildman–Crippen LogP) is 5.27. The van der Waals surface area contributed by atoms with Crippen molar-refractivity contribution in [2.75, 3.05) is 6.54 Å². The zero-order chi connectivity index (χ0) is 22.2. The minimum absolute atomic E-state index is 0.0227. The fourth-order valence-corrected chi connectivity index (χ4v) is 5.19. The lowest BCUT2D eigenvalue weighted by molar-refractivity contribution is 0.0940. The Morgan fingerprint density at radius 1 is 1.16 bits per heavy atom. The molecule has 1 aliphatic carbocycles. The average Bonchev–Trinajstić information content (AvgIpc) is 3.20. The second kappa shape index (κ2) is 8.43. The first-order valence-corrected chi connectivity index (χ1v) is 11.3. The van der Waals surface area contributed by atoms with Gasteiger partial charge in [-0.1, -0.05) is 47.4 Å². The molecule has 0 aliphatic heterocycles. The number of fused-ring (bicyclic) bond motifs is 3. The van der Waals surface area contributed by atoms with Gasteiger partial charge in [-0.2, -0.15) is 0 Å². The molecule has 1 N–H and O–H groups in total. The molecule has 2 aromatic heterocycles. The van der Waals surface area contributed by atoms with Gasteiger partial charge in [0.1, 0.15) is 5.39 Å². The van der Waals surface area contributed by atoms with Crippen LogP contribution in [0.2, 0.25) is 5.02 Å². The molecule has 1 fully saturated rings. The molecule has 2 aromatic carbocycles. The van der Waals surface area contributed by atoms with E-state index in [9.17, 15) is 9.59 Å². The Kier molecular flexibility index (Phi) is 5.47. The van der Waals surface area contributed by atoms with Gasteiger partial charge in [0, 0.05) is 18.2 Å². The van der Waals surface area contributed by atoms with Crippen LogP contribution in [0.3, 0.4) is 0 Å². The average molecular weight is 450 g/mol. The van der Waals surface area contributed by atoms with Crippen LogP contribution in [-0.4, -0.2) is 22.2 Å². The van der Waals surface area contributed by atoms with E-state index >= 15 is 0 Å². The number of rotatable bonds is 4. The maximum atomic E-state index is 13.5. The van der Waals surface area contributed by atoms with Crippen molar-refractivity contribution in [2.45, 2.75) is 38.6 Å². The monoisotopic (exact) mass is 449 g/mol. The van der Waals surface area contributed by atoms with Crippen molar-refractivity contribution in [1.29, 1.82) is 0 Å². The van der Waals surface area contributed by atoms with E-state index in [0.29, 0.717) is 39.7 Å². The van der Waals surface area contributed by atoms with Crippen LogP contribution in [0.25, 0.3) is 21.9 Å². The molecule has 4 aromatic rings. The summed E-state index contributed by atoms with van der Waals surface area (Å²) in [6.45, 7) is 2.37. The Morgan fingerprint density at radius 2 is 1.97 bits per heavy atom. The van der Waals surface area contributed by atoms with E-state index < -0.39 is 0 Å². The molecule has 2 atom stereocenters. The van der Waals surface area contributed by atoms with Gasteiger partial charge in [-0.15, -0.1) is 0 Å². The van der Waals surface area contributed by atoms with Gasteiger partial charge in [-0.05, 0) is 56.4 Å². The Labute approximate surface area is 190 Å². The Bertz CT molecular complexity index is 1360. The molecule has 0 saturated heterocycles. The second-order valence-electron chi connectivity index (χ2n) is 8.54. The highest BCUT2D eigenvalue weighted by Gasteiger charge is 2.28. The Balaban J connectivity index is 1.46. The Morgan fingerprint density at radius 3 is 2.78 bits per heavy atom. The van der Waals surface area contributed by atoms with Crippen molar-refractivity contribution in [2.24, 2.45) is 5.92 Å². The van der Waals surface area contributed by atoms with Crippen molar-refractivity contribution in [3.05, 3.63) is 75.2 Å². The van der Waals surface area contributed by atoms with E-state index in [-0.39, 0.29) is 17.5 Å². The van der Waals surface area contributed by atoms with Crippen LogP contribution in [0.4, 0.5) is 0 Å². The molecule has 164 valence electrons. The highest BCUT2D eigenvalue weighted by Crippen LogP contribution is 2.37. The third-order valence-electron chi connectivity index (χ3n) is 6.48. The summed E-state index contributed by atoms with van der Waals surface area (Å²) < 4.78 is 7.37.